The minimum absolute atomic E-state index is 0.0464. The van der Waals surface area contributed by atoms with Crippen LogP contribution in [-0.2, 0) is 4.74 Å². The van der Waals surface area contributed by atoms with Crippen molar-refractivity contribution in [1.82, 2.24) is 10.2 Å². The molecule has 1 saturated heterocycles. The maximum Gasteiger partial charge on any atom is 0.101 e. The number of rotatable bonds is 4. The standard InChI is InChI=1S/C16H22ClN3O.C2H6/c1-11-9-19-6-7-20(11)10-16(21-3)13-4-5-15(17)14(8-18)12(13)2;1-2/h4-5,11,16,19H,6-7,9-10H2,1-3H3;1-2H3. The zero-order chi connectivity index (χ0) is 17.4. The average Bonchev–Trinajstić information content (AvgIpc) is 2.57. The van der Waals surface area contributed by atoms with E-state index in [0.717, 1.165) is 37.3 Å². The molecule has 23 heavy (non-hydrogen) atoms. The second kappa shape index (κ2) is 9.89. The fourth-order valence-corrected chi connectivity index (χ4v) is 3.09. The summed E-state index contributed by atoms with van der Waals surface area (Å²) < 4.78 is 5.69. The molecule has 0 aromatic heterocycles. The topological polar surface area (TPSA) is 48.3 Å². The van der Waals surface area contributed by atoms with Gasteiger partial charge in [-0.1, -0.05) is 31.5 Å². The van der Waals surface area contributed by atoms with Crippen LogP contribution in [0.5, 0.6) is 0 Å². The van der Waals surface area contributed by atoms with Gasteiger partial charge in [0.15, 0.2) is 0 Å². The predicted octanol–water partition coefficient (Wildman–Crippen LogP) is 3.53. The van der Waals surface area contributed by atoms with Crippen molar-refractivity contribution < 1.29 is 4.74 Å². The number of nitrogens with zero attached hydrogens (tertiary/aromatic N) is 2. The molecule has 1 aromatic rings. The maximum absolute atomic E-state index is 9.25. The van der Waals surface area contributed by atoms with Crippen LogP contribution in [0.2, 0.25) is 5.02 Å². The number of piperazine rings is 1. The molecule has 2 rings (SSSR count). The molecule has 0 amide bonds. The summed E-state index contributed by atoms with van der Waals surface area (Å²) in [5, 5.41) is 13.1. The molecule has 4 nitrogen and oxygen atoms in total. The maximum atomic E-state index is 9.25. The van der Waals surface area contributed by atoms with E-state index in [-0.39, 0.29) is 6.10 Å². The van der Waals surface area contributed by atoms with Crippen LogP contribution in [0.15, 0.2) is 12.1 Å². The second-order valence-corrected chi connectivity index (χ2v) is 5.93. The fraction of sp³-hybridized carbons (Fsp3) is 0.611. The smallest absolute Gasteiger partial charge is 0.101 e. The summed E-state index contributed by atoms with van der Waals surface area (Å²) in [7, 11) is 1.72. The van der Waals surface area contributed by atoms with E-state index in [1.54, 1.807) is 13.2 Å². The van der Waals surface area contributed by atoms with E-state index in [0.29, 0.717) is 16.6 Å². The van der Waals surface area contributed by atoms with Gasteiger partial charge in [0.1, 0.15) is 6.07 Å². The first-order valence-corrected chi connectivity index (χ1v) is 8.63. The number of halogens is 1. The number of ether oxygens (including phenoxy) is 1. The summed E-state index contributed by atoms with van der Waals surface area (Å²) in [6, 6.07) is 6.43. The molecule has 128 valence electrons. The van der Waals surface area contributed by atoms with E-state index in [1.807, 2.05) is 26.8 Å². The summed E-state index contributed by atoms with van der Waals surface area (Å²) in [5.41, 5.74) is 2.51. The highest BCUT2D eigenvalue weighted by Gasteiger charge is 2.24. The van der Waals surface area contributed by atoms with Gasteiger partial charge in [-0.15, -0.1) is 0 Å². The fourth-order valence-electron chi connectivity index (χ4n) is 2.85. The normalized spacial score (nSPS) is 19.4. The highest BCUT2D eigenvalue weighted by atomic mass is 35.5. The number of nitriles is 1. The van der Waals surface area contributed by atoms with Gasteiger partial charge in [0.05, 0.1) is 16.7 Å². The Morgan fingerprint density at radius 3 is 2.74 bits per heavy atom. The third kappa shape index (κ3) is 4.92. The molecule has 0 bridgehead atoms. The molecule has 1 heterocycles. The van der Waals surface area contributed by atoms with Crippen LogP contribution < -0.4 is 5.32 Å². The van der Waals surface area contributed by atoms with E-state index in [4.69, 9.17) is 16.3 Å². The summed E-state index contributed by atoms with van der Waals surface area (Å²) in [5.74, 6) is 0. The van der Waals surface area contributed by atoms with Crippen molar-refractivity contribution in [3.63, 3.8) is 0 Å². The largest absolute Gasteiger partial charge is 0.375 e. The van der Waals surface area contributed by atoms with E-state index in [9.17, 15) is 5.26 Å². The second-order valence-electron chi connectivity index (χ2n) is 5.52. The van der Waals surface area contributed by atoms with Crippen LogP contribution in [0.4, 0.5) is 0 Å². The zero-order valence-corrected chi connectivity index (χ0v) is 15.6. The van der Waals surface area contributed by atoms with E-state index in [2.05, 4.69) is 23.2 Å². The molecular weight excluding hydrogens is 310 g/mol. The van der Waals surface area contributed by atoms with Crippen LogP contribution in [0.1, 0.15) is 43.6 Å². The Hall–Kier alpha value is -1.12. The number of methoxy groups -OCH3 is 1. The first-order chi connectivity index (χ1) is 11.1. The third-order valence-electron chi connectivity index (χ3n) is 4.24. The van der Waals surface area contributed by atoms with Gasteiger partial charge in [-0.25, -0.2) is 0 Å². The van der Waals surface area contributed by atoms with Crippen molar-refractivity contribution in [2.24, 2.45) is 0 Å². The number of benzene rings is 1. The quantitative estimate of drug-likeness (QED) is 0.913. The lowest BCUT2D eigenvalue weighted by Gasteiger charge is -2.36. The monoisotopic (exact) mass is 337 g/mol. The molecule has 0 radical (unpaired) electrons. The Morgan fingerprint density at radius 1 is 1.48 bits per heavy atom. The van der Waals surface area contributed by atoms with Gasteiger partial charge in [-0.05, 0) is 31.0 Å². The zero-order valence-electron chi connectivity index (χ0n) is 14.8. The van der Waals surface area contributed by atoms with Crippen molar-refractivity contribution in [3.05, 3.63) is 33.8 Å². The van der Waals surface area contributed by atoms with Gasteiger partial charge in [0.25, 0.3) is 0 Å². The first-order valence-electron chi connectivity index (χ1n) is 8.25. The summed E-state index contributed by atoms with van der Waals surface area (Å²) in [6.07, 6.45) is -0.0464. The SMILES string of the molecule is CC.COC(CN1CCNCC1C)c1ccc(Cl)c(C#N)c1C. The Labute approximate surface area is 145 Å². The van der Waals surface area contributed by atoms with Crippen molar-refractivity contribution in [2.45, 2.75) is 39.8 Å². The van der Waals surface area contributed by atoms with Crippen molar-refractivity contribution in [2.75, 3.05) is 33.3 Å². The molecule has 0 spiro atoms. The first kappa shape index (κ1) is 19.9. The molecule has 5 heteroatoms. The Morgan fingerprint density at radius 2 is 2.17 bits per heavy atom. The molecule has 0 saturated carbocycles. The van der Waals surface area contributed by atoms with E-state index in [1.165, 1.54) is 0 Å². The lowest BCUT2D eigenvalue weighted by molar-refractivity contribution is 0.0428. The summed E-state index contributed by atoms with van der Waals surface area (Å²) >= 11 is 6.08. The molecule has 1 aliphatic rings. The van der Waals surface area contributed by atoms with Crippen LogP contribution in [-0.4, -0.2) is 44.2 Å². The van der Waals surface area contributed by atoms with Gasteiger partial charge in [-0.3, -0.25) is 4.90 Å². The van der Waals surface area contributed by atoms with Gasteiger partial charge < -0.3 is 10.1 Å². The minimum Gasteiger partial charge on any atom is -0.375 e. The lowest BCUT2D eigenvalue weighted by atomic mass is 9.98. The van der Waals surface area contributed by atoms with Crippen LogP contribution in [0, 0.1) is 18.3 Å². The molecule has 1 aromatic carbocycles. The number of nitrogens with one attached hydrogen (secondary N) is 1. The molecule has 0 aliphatic carbocycles. The number of hydrogen-bond acceptors (Lipinski definition) is 4. The van der Waals surface area contributed by atoms with Crippen molar-refractivity contribution >= 4 is 11.6 Å². The van der Waals surface area contributed by atoms with Gasteiger partial charge >= 0.3 is 0 Å². The molecule has 1 N–H and O–H groups in total. The van der Waals surface area contributed by atoms with Crippen LogP contribution in [0.3, 0.4) is 0 Å². The molecule has 2 atom stereocenters. The van der Waals surface area contributed by atoms with Crippen molar-refractivity contribution in [1.29, 1.82) is 5.26 Å². The minimum atomic E-state index is -0.0464. The molecule has 1 aliphatic heterocycles. The highest BCUT2D eigenvalue weighted by Crippen LogP contribution is 2.29. The van der Waals surface area contributed by atoms with E-state index < -0.39 is 0 Å². The van der Waals surface area contributed by atoms with Gasteiger partial charge in [0.2, 0.25) is 0 Å². The Balaban J connectivity index is 0.00000127. The van der Waals surface area contributed by atoms with Crippen LogP contribution >= 0.6 is 11.6 Å². The average molecular weight is 338 g/mol. The molecule has 2 unspecified atom stereocenters. The number of hydrogen-bond donors (Lipinski definition) is 1. The van der Waals surface area contributed by atoms with E-state index >= 15 is 0 Å². The molecule has 1 fully saturated rings. The highest BCUT2D eigenvalue weighted by molar-refractivity contribution is 6.31. The summed E-state index contributed by atoms with van der Waals surface area (Å²) in [4.78, 5) is 2.42. The Kier molecular flexibility index (Phi) is 8.57. The predicted molar refractivity (Wildman–Crippen MR) is 95.9 cm³/mol. The Bertz CT molecular complexity index is 542. The lowest BCUT2D eigenvalue weighted by Crippen LogP contribution is -2.51. The summed E-state index contributed by atoms with van der Waals surface area (Å²) in [6.45, 7) is 12.0. The van der Waals surface area contributed by atoms with Crippen molar-refractivity contribution in [3.8, 4) is 6.07 Å². The van der Waals surface area contributed by atoms with Crippen LogP contribution in [0.25, 0.3) is 0 Å². The third-order valence-corrected chi connectivity index (χ3v) is 4.55. The molecular formula is C18H28ClN3O. The van der Waals surface area contributed by atoms with Gasteiger partial charge in [0, 0.05) is 39.3 Å². The van der Waals surface area contributed by atoms with Gasteiger partial charge in [-0.2, -0.15) is 5.26 Å².